The van der Waals surface area contributed by atoms with Crippen LogP contribution in [0.1, 0.15) is 19.8 Å². The molecule has 1 aliphatic heterocycles. The molecule has 0 aliphatic carbocycles. The summed E-state index contributed by atoms with van der Waals surface area (Å²) in [4.78, 5) is 39.2. The van der Waals surface area contributed by atoms with Gasteiger partial charge in [0.1, 0.15) is 12.6 Å². The van der Waals surface area contributed by atoms with Gasteiger partial charge in [-0.25, -0.2) is 9.59 Å². The summed E-state index contributed by atoms with van der Waals surface area (Å²) in [5, 5.41) is 9.24. The van der Waals surface area contributed by atoms with Gasteiger partial charge in [-0.05, 0) is 18.8 Å². The predicted octanol–water partition coefficient (Wildman–Crippen LogP) is 0.312. The first-order valence-corrected chi connectivity index (χ1v) is 6.68. The van der Waals surface area contributed by atoms with Crippen molar-refractivity contribution in [2.45, 2.75) is 25.8 Å². The number of likely N-dealkylation sites (tertiary alicyclic amines) is 1. The molecule has 1 heterocycles. The Balaban J connectivity index is 2.73. The van der Waals surface area contributed by atoms with Crippen LogP contribution in [0.15, 0.2) is 0 Å². The summed E-state index contributed by atoms with van der Waals surface area (Å²) in [5.74, 6) is -0.899. The Hall–Kier alpha value is -1.79. The maximum Gasteiger partial charge on any atom is 0.326 e. The van der Waals surface area contributed by atoms with E-state index in [1.54, 1.807) is 14.1 Å². The van der Waals surface area contributed by atoms with Crippen LogP contribution in [-0.4, -0.2) is 78.0 Å². The van der Waals surface area contributed by atoms with Gasteiger partial charge in [0, 0.05) is 27.7 Å². The van der Waals surface area contributed by atoms with Crippen LogP contribution in [0.5, 0.6) is 0 Å². The van der Waals surface area contributed by atoms with Crippen molar-refractivity contribution in [1.29, 1.82) is 0 Å². The first kappa shape index (κ1) is 16.3. The first-order valence-electron chi connectivity index (χ1n) is 6.68. The highest BCUT2D eigenvalue weighted by Gasteiger charge is 2.36. The van der Waals surface area contributed by atoms with Crippen molar-refractivity contribution in [3.05, 3.63) is 0 Å². The molecule has 3 amide bonds. The molecule has 2 atom stereocenters. The van der Waals surface area contributed by atoms with Crippen LogP contribution in [-0.2, 0) is 9.59 Å². The summed E-state index contributed by atoms with van der Waals surface area (Å²) in [6, 6.07) is -1.21. The van der Waals surface area contributed by atoms with Crippen LogP contribution in [0, 0.1) is 5.92 Å². The number of likely N-dealkylation sites (N-methyl/N-ethyl adjacent to an activating group) is 2. The highest BCUT2D eigenvalue weighted by atomic mass is 16.4. The van der Waals surface area contributed by atoms with Crippen molar-refractivity contribution in [2.24, 2.45) is 5.92 Å². The highest BCUT2D eigenvalue weighted by Crippen LogP contribution is 2.23. The third kappa shape index (κ3) is 3.85. The standard InChI is InChI=1S/C13H23N3O4/c1-9-5-6-16(10(7-9)12(18)19)13(20)15(4)8-11(17)14(2)3/h9-10H,5-8H2,1-4H3,(H,18,19). The second-order valence-corrected chi connectivity index (χ2v) is 5.60. The molecule has 0 aromatic rings. The lowest BCUT2D eigenvalue weighted by Crippen LogP contribution is -2.54. The average Bonchev–Trinajstić information content (AvgIpc) is 2.37. The Bertz CT molecular complexity index is 397. The van der Waals surface area contributed by atoms with Gasteiger partial charge < -0.3 is 19.8 Å². The van der Waals surface area contributed by atoms with E-state index in [2.05, 4.69) is 0 Å². The van der Waals surface area contributed by atoms with Crippen molar-refractivity contribution in [3.8, 4) is 0 Å². The van der Waals surface area contributed by atoms with Crippen molar-refractivity contribution in [3.63, 3.8) is 0 Å². The summed E-state index contributed by atoms with van der Waals surface area (Å²) >= 11 is 0. The molecule has 1 rings (SSSR count). The van der Waals surface area contributed by atoms with Crippen LogP contribution >= 0.6 is 0 Å². The van der Waals surface area contributed by atoms with Gasteiger partial charge >= 0.3 is 12.0 Å². The monoisotopic (exact) mass is 285 g/mol. The SMILES string of the molecule is CC1CCN(C(=O)N(C)CC(=O)N(C)C)C(C(=O)O)C1. The van der Waals surface area contributed by atoms with Gasteiger partial charge in [-0.3, -0.25) is 4.79 Å². The molecule has 20 heavy (non-hydrogen) atoms. The zero-order chi connectivity index (χ0) is 15.4. The van der Waals surface area contributed by atoms with E-state index < -0.39 is 18.0 Å². The van der Waals surface area contributed by atoms with Gasteiger partial charge in [-0.15, -0.1) is 0 Å². The lowest BCUT2D eigenvalue weighted by molar-refractivity contribution is -0.144. The minimum absolute atomic E-state index is 0.0514. The quantitative estimate of drug-likeness (QED) is 0.809. The summed E-state index contributed by atoms with van der Waals surface area (Å²) in [6.45, 7) is 2.35. The molecular formula is C13H23N3O4. The second kappa shape index (κ2) is 6.58. The number of carboxylic acids is 1. The molecule has 2 unspecified atom stereocenters. The van der Waals surface area contributed by atoms with E-state index in [1.807, 2.05) is 6.92 Å². The third-order valence-corrected chi connectivity index (χ3v) is 3.59. The maximum atomic E-state index is 12.3. The molecule has 0 bridgehead atoms. The average molecular weight is 285 g/mol. The van der Waals surface area contributed by atoms with Crippen LogP contribution < -0.4 is 0 Å². The van der Waals surface area contributed by atoms with E-state index in [9.17, 15) is 19.5 Å². The van der Waals surface area contributed by atoms with Crippen LogP contribution in [0.4, 0.5) is 4.79 Å². The van der Waals surface area contributed by atoms with Crippen molar-refractivity contribution in [2.75, 3.05) is 34.2 Å². The number of nitrogens with zero attached hydrogens (tertiary/aromatic N) is 3. The van der Waals surface area contributed by atoms with E-state index >= 15 is 0 Å². The first-order chi connectivity index (χ1) is 9.23. The molecule has 0 spiro atoms. The fourth-order valence-corrected chi connectivity index (χ4v) is 2.24. The smallest absolute Gasteiger partial charge is 0.326 e. The number of aliphatic carboxylic acids is 1. The fourth-order valence-electron chi connectivity index (χ4n) is 2.24. The van der Waals surface area contributed by atoms with E-state index in [4.69, 9.17) is 0 Å². The van der Waals surface area contributed by atoms with Crippen LogP contribution in [0.25, 0.3) is 0 Å². The fraction of sp³-hybridized carbons (Fsp3) is 0.769. The minimum atomic E-state index is -0.989. The van der Waals surface area contributed by atoms with Gasteiger partial charge in [-0.2, -0.15) is 0 Å². The zero-order valence-corrected chi connectivity index (χ0v) is 12.5. The number of hydrogen-bond donors (Lipinski definition) is 1. The van der Waals surface area contributed by atoms with E-state index in [1.165, 1.54) is 21.7 Å². The van der Waals surface area contributed by atoms with Crippen LogP contribution in [0.3, 0.4) is 0 Å². The number of hydrogen-bond acceptors (Lipinski definition) is 3. The number of carbonyl (C=O) groups is 3. The molecule has 1 N–H and O–H groups in total. The number of rotatable bonds is 3. The van der Waals surface area contributed by atoms with E-state index in [0.717, 1.165) is 6.42 Å². The number of carboxylic acid groups (broad SMARTS) is 1. The molecule has 1 aliphatic rings. The van der Waals surface area contributed by atoms with Crippen molar-refractivity contribution in [1.82, 2.24) is 14.7 Å². The topological polar surface area (TPSA) is 81.2 Å². The predicted molar refractivity (Wildman–Crippen MR) is 73.2 cm³/mol. The Morgan fingerprint density at radius 3 is 2.35 bits per heavy atom. The van der Waals surface area contributed by atoms with Crippen LogP contribution in [0.2, 0.25) is 0 Å². The van der Waals surface area contributed by atoms with Crippen molar-refractivity contribution < 1.29 is 19.5 Å². The van der Waals surface area contributed by atoms with Gasteiger partial charge in [-0.1, -0.05) is 6.92 Å². The molecule has 0 radical (unpaired) electrons. The Labute approximate surface area is 119 Å². The summed E-state index contributed by atoms with van der Waals surface area (Å²) in [5.41, 5.74) is 0. The molecule has 0 aromatic heterocycles. The molecule has 0 aromatic carbocycles. The number of carbonyl (C=O) groups excluding carboxylic acids is 2. The van der Waals surface area contributed by atoms with E-state index in [0.29, 0.717) is 13.0 Å². The highest BCUT2D eigenvalue weighted by molar-refractivity contribution is 5.86. The third-order valence-electron chi connectivity index (χ3n) is 3.59. The molecule has 114 valence electrons. The lowest BCUT2D eigenvalue weighted by atomic mass is 9.93. The number of amides is 3. The molecule has 1 saturated heterocycles. The van der Waals surface area contributed by atoms with Gasteiger partial charge in [0.2, 0.25) is 5.91 Å². The van der Waals surface area contributed by atoms with Crippen molar-refractivity contribution >= 4 is 17.9 Å². The minimum Gasteiger partial charge on any atom is -0.480 e. The summed E-state index contributed by atoms with van der Waals surface area (Å²) < 4.78 is 0. The second-order valence-electron chi connectivity index (χ2n) is 5.60. The molecular weight excluding hydrogens is 262 g/mol. The molecule has 1 fully saturated rings. The maximum absolute atomic E-state index is 12.3. The Morgan fingerprint density at radius 2 is 1.85 bits per heavy atom. The van der Waals surface area contributed by atoms with Gasteiger partial charge in [0.05, 0.1) is 0 Å². The summed E-state index contributed by atoms with van der Waals surface area (Å²) in [7, 11) is 4.74. The molecule has 7 heteroatoms. The van der Waals surface area contributed by atoms with Gasteiger partial charge in [0.15, 0.2) is 0 Å². The summed E-state index contributed by atoms with van der Waals surface area (Å²) in [6.07, 6.45) is 1.24. The number of urea groups is 1. The van der Waals surface area contributed by atoms with E-state index in [-0.39, 0.29) is 18.4 Å². The zero-order valence-electron chi connectivity index (χ0n) is 12.5. The lowest BCUT2D eigenvalue weighted by Gasteiger charge is -2.38. The molecule has 0 saturated carbocycles. The normalized spacial score (nSPS) is 22.3. The Kier molecular flexibility index (Phi) is 5.35. The van der Waals surface area contributed by atoms with Gasteiger partial charge in [0.25, 0.3) is 0 Å². The molecule has 7 nitrogen and oxygen atoms in total. The number of piperidine rings is 1. The Morgan fingerprint density at radius 1 is 1.25 bits per heavy atom. The largest absolute Gasteiger partial charge is 0.480 e.